The molecule has 3 aromatic rings. The van der Waals surface area contributed by atoms with Crippen molar-refractivity contribution in [2.45, 2.75) is 42.7 Å². The number of ether oxygens (including phenoxy) is 2. The number of hydrogen-bond donors (Lipinski definition) is 4. The third-order valence-corrected chi connectivity index (χ3v) is 8.35. The molecule has 0 aliphatic rings. The zero-order chi connectivity index (χ0) is 31.9. The Morgan fingerprint density at radius 3 is 2.07 bits per heavy atom. The number of nitrogens with zero attached hydrogens (tertiary/aromatic N) is 1. The highest BCUT2D eigenvalue weighted by Gasteiger charge is 2.34. The largest absolute Gasteiger partial charge is 0.507 e. The van der Waals surface area contributed by atoms with Gasteiger partial charge in [0.2, 0.25) is 10.0 Å². The van der Waals surface area contributed by atoms with E-state index in [0.717, 1.165) is 16.4 Å². The molecule has 0 aliphatic carbocycles. The highest BCUT2D eigenvalue weighted by molar-refractivity contribution is 7.89. The van der Waals surface area contributed by atoms with Gasteiger partial charge in [-0.3, -0.25) is 4.79 Å². The number of phenolic OH excluding ortho intramolecular Hbond substituents is 1. The first-order chi connectivity index (χ1) is 20.2. The summed E-state index contributed by atoms with van der Waals surface area (Å²) in [6.45, 7) is 0.178. The first-order valence-corrected chi connectivity index (χ1v) is 14.4. The minimum atomic E-state index is -4.68. The minimum absolute atomic E-state index is 0.0324. The van der Waals surface area contributed by atoms with Gasteiger partial charge in [-0.2, -0.15) is 17.5 Å². The fourth-order valence-electron chi connectivity index (χ4n) is 4.31. The third-order valence-electron chi connectivity index (χ3n) is 6.50. The lowest BCUT2D eigenvalue weighted by Gasteiger charge is -2.30. The number of aliphatic hydroxyl groups is 2. The van der Waals surface area contributed by atoms with Gasteiger partial charge in [-0.15, -0.1) is 0 Å². The van der Waals surface area contributed by atoms with Crippen molar-refractivity contribution in [3.8, 4) is 17.2 Å². The molecule has 14 heteroatoms. The van der Waals surface area contributed by atoms with Crippen LogP contribution in [0, 0.1) is 0 Å². The molecule has 43 heavy (non-hydrogen) atoms. The van der Waals surface area contributed by atoms with Gasteiger partial charge in [0.05, 0.1) is 48.5 Å². The summed E-state index contributed by atoms with van der Waals surface area (Å²) < 4.78 is 77.0. The van der Waals surface area contributed by atoms with E-state index in [0.29, 0.717) is 17.7 Å². The quantitative estimate of drug-likeness (QED) is 0.226. The van der Waals surface area contributed by atoms with Crippen molar-refractivity contribution in [2.24, 2.45) is 0 Å². The Labute approximate surface area is 247 Å². The van der Waals surface area contributed by atoms with Crippen LogP contribution in [-0.4, -0.2) is 79.5 Å². The number of methoxy groups -OCH3 is 2. The average Bonchev–Trinajstić information content (AvgIpc) is 2.96. The van der Waals surface area contributed by atoms with Crippen LogP contribution >= 0.6 is 0 Å². The highest BCUT2D eigenvalue weighted by Crippen LogP contribution is 2.34. The Hall–Kier alpha value is -3.85. The number of alkyl halides is 3. The van der Waals surface area contributed by atoms with Gasteiger partial charge in [-0.1, -0.05) is 30.3 Å². The molecule has 4 N–H and O–H groups in total. The van der Waals surface area contributed by atoms with Gasteiger partial charge in [0.1, 0.15) is 5.75 Å². The smallest absolute Gasteiger partial charge is 0.416 e. The number of amides is 1. The van der Waals surface area contributed by atoms with E-state index in [-0.39, 0.29) is 23.5 Å². The topological polar surface area (TPSA) is 146 Å². The summed E-state index contributed by atoms with van der Waals surface area (Å²) >= 11 is 0. The second-order valence-electron chi connectivity index (χ2n) is 9.75. The van der Waals surface area contributed by atoms with E-state index in [2.05, 4.69) is 5.32 Å². The van der Waals surface area contributed by atoms with E-state index >= 15 is 0 Å². The zero-order valence-corrected chi connectivity index (χ0v) is 24.4. The van der Waals surface area contributed by atoms with Crippen LogP contribution in [0.3, 0.4) is 0 Å². The van der Waals surface area contributed by atoms with Crippen molar-refractivity contribution >= 4 is 15.9 Å². The van der Waals surface area contributed by atoms with Gasteiger partial charge < -0.3 is 30.1 Å². The van der Waals surface area contributed by atoms with Crippen molar-refractivity contribution < 1.29 is 51.2 Å². The van der Waals surface area contributed by atoms with Gasteiger partial charge in [0.15, 0.2) is 11.5 Å². The summed E-state index contributed by atoms with van der Waals surface area (Å²) in [5.41, 5.74) is -0.574. The zero-order valence-electron chi connectivity index (χ0n) is 23.6. The number of aromatic hydroxyl groups is 1. The number of rotatable bonds is 13. The van der Waals surface area contributed by atoms with E-state index in [4.69, 9.17) is 9.47 Å². The fourth-order valence-corrected chi connectivity index (χ4v) is 5.85. The summed E-state index contributed by atoms with van der Waals surface area (Å²) in [4.78, 5) is 12.8. The number of aliphatic hydroxyl groups excluding tert-OH is 2. The van der Waals surface area contributed by atoms with Gasteiger partial charge in [-0.05, 0) is 43.2 Å². The maximum absolute atomic E-state index is 13.4. The van der Waals surface area contributed by atoms with Crippen molar-refractivity contribution in [1.82, 2.24) is 9.62 Å². The fraction of sp³-hybridized carbons (Fsp3) is 0.345. The molecule has 3 atom stereocenters. The number of nitrogens with one attached hydrogen (secondary N) is 1. The van der Waals surface area contributed by atoms with Crippen molar-refractivity contribution in [2.75, 3.05) is 27.3 Å². The van der Waals surface area contributed by atoms with Crippen molar-refractivity contribution in [3.05, 3.63) is 83.4 Å². The Morgan fingerprint density at radius 2 is 1.53 bits per heavy atom. The normalized spacial score (nSPS) is 14.2. The predicted octanol–water partition coefficient (Wildman–Crippen LogP) is 3.20. The Kier molecular flexibility index (Phi) is 11.0. The van der Waals surface area contributed by atoms with E-state index in [1.165, 1.54) is 33.3 Å². The van der Waals surface area contributed by atoms with Crippen LogP contribution in [-0.2, 0) is 22.6 Å². The molecule has 3 aromatic carbocycles. The maximum atomic E-state index is 13.4. The molecule has 0 saturated heterocycles. The highest BCUT2D eigenvalue weighted by atomic mass is 32.2. The monoisotopic (exact) mass is 626 g/mol. The molecular weight excluding hydrogens is 593 g/mol. The Bertz CT molecular complexity index is 1480. The lowest BCUT2D eigenvalue weighted by Crippen LogP contribution is -2.51. The van der Waals surface area contributed by atoms with Crippen molar-refractivity contribution in [1.29, 1.82) is 0 Å². The molecular formula is C29H33F3N2O8S. The molecule has 0 unspecified atom stereocenters. The number of carbonyl (C=O) groups is 1. The second kappa shape index (κ2) is 14.1. The number of halogens is 3. The van der Waals surface area contributed by atoms with Gasteiger partial charge in [0, 0.05) is 25.2 Å². The summed E-state index contributed by atoms with van der Waals surface area (Å²) in [6, 6.07) is 12.8. The van der Waals surface area contributed by atoms with Crippen LogP contribution in [0.15, 0.2) is 71.6 Å². The number of sulfonamides is 1. The van der Waals surface area contributed by atoms with Crippen LogP contribution in [0.25, 0.3) is 0 Å². The predicted molar refractivity (Wildman–Crippen MR) is 151 cm³/mol. The Balaban J connectivity index is 1.94. The molecule has 3 rings (SSSR count). The summed E-state index contributed by atoms with van der Waals surface area (Å²) in [5, 5.41) is 34.4. The number of hydrogen-bond acceptors (Lipinski definition) is 8. The molecule has 234 valence electrons. The van der Waals surface area contributed by atoms with Crippen molar-refractivity contribution in [3.63, 3.8) is 0 Å². The van der Waals surface area contributed by atoms with Crippen LogP contribution in [0.1, 0.15) is 28.4 Å². The second-order valence-corrected chi connectivity index (χ2v) is 11.7. The molecule has 0 radical (unpaired) electrons. The first kappa shape index (κ1) is 33.6. The van der Waals surface area contributed by atoms with Gasteiger partial charge in [0.25, 0.3) is 5.91 Å². The molecule has 0 saturated carbocycles. The lowest BCUT2D eigenvalue weighted by molar-refractivity contribution is -0.137. The SMILES string of the molecule is COc1cc(O)c(C(=O)N[C@@H](Cc2ccccc2)[C@H](O)CN(C[C@H](C)O)S(=O)(=O)c2ccc(C(F)(F)F)cc2)cc1OC. The summed E-state index contributed by atoms with van der Waals surface area (Å²) in [6.07, 6.45) is -7.43. The molecule has 0 heterocycles. The summed E-state index contributed by atoms with van der Waals surface area (Å²) in [5.74, 6) is -0.939. The van der Waals surface area contributed by atoms with Gasteiger partial charge in [-0.25, -0.2) is 8.42 Å². The number of carbonyl (C=O) groups excluding carboxylic acids is 1. The molecule has 0 fully saturated rings. The lowest BCUT2D eigenvalue weighted by atomic mass is 10.00. The minimum Gasteiger partial charge on any atom is -0.507 e. The Morgan fingerprint density at radius 1 is 0.953 bits per heavy atom. The third kappa shape index (κ3) is 8.60. The molecule has 0 aromatic heterocycles. The summed E-state index contributed by atoms with van der Waals surface area (Å²) in [7, 11) is -1.81. The van der Waals surface area contributed by atoms with E-state index in [9.17, 15) is 41.7 Å². The molecule has 10 nitrogen and oxygen atoms in total. The van der Waals surface area contributed by atoms with Crippen LogP contribution in [0.4, 0.5) is 13.2 Å². The number of benzene rings is 3. The molecule has 0 bridgehead atoms. The standard InChI is InChI=1S/C29H33F3N2O8S/c1-18(35)16-34(43(39,40)21-11-9-20(10-12-21)29(30,31)32)17-25(37)23(13-19-7-5-4-6-8-19)33-28(38)22-14-26(41-2)27(42-3)15-24(22)36/h4-12,14-15,18,23,25,35-37H,13,16-17H2,1-3H3,(H,33,38)/t18-,23-,25+/m0/s1. The van der Waals surface area contributed by atoms with Crippen LogP contribution in [0.2, 0.25) is 0 Å². The van der Waals surface area contributed by atoms with Gasteiger partial charge >= 0.3 is 6.18 Å². The van der Waals surface area contributed by atoms with Crippen LogP contribution in [0.5, 0.6) is 17.2 Å². The first-order valence-electron chi connectivity index (χ1n) is 13.0. The van der Waals surface area contributed by atoms with E-state index < -0.39 is 69.7 Å². The number of phenols is 1. The molecule has 0 spiro atoms. The van der Waals surface area contributed by atoms with E-state index in [1.807, 2.05) is 0 Å². The van der Waals surface area contributed by atoms with E-state index in [1.54, 1.807) is 30.3 Å². The maximum Gasteiger partial charge on any atom is 0.416 e. The molecule has 1 amide bonds. The molecule has 0 aliphatic heterocycles. The average molecular weight is 627 g/mol. The van der Waals surface area contributed by atoms with Crippen LogP contribution < -0.4 is 14.8 Å².